The Balaban J connectivity index is 1.52. The Morgan fingerprint density at radius 3 is 3.00 bits per heavy atom. The summed E-state index contributed by atoms with van der Waals surface area (Å²) in [6.07, 6.45) is 3.66. The van der Waals surface area contributed by atoms with Crippen molar-refractivity contribution in [3.8, 4) is 0 Å². The van der Waals surface area contributed by atoms with E-state index in [-0.39, 0.29) is 6.23 Å². The number of piperidine rings is 1. The number of nitrogens with zero attached hydrogens (tertiary/aromatic N) is 2. The zero-order chi connectivity index (χ0) is 13.9. The molecule has 0 amide bonds. The van der Waals surface area contributed by atoms with Crippen LogP contribution in [0.1, 0.15) is 25.5 Å². The number of likely N-dealkylation sites (tertiary alicyclic amines) is 1. The van der Waals surface area contributed by atoms with Gasteiger partial charge in [-0.05, 0) is 38.0 Å². The van der Waals surface area contributed by atoms with Gasteiger partial charge in [0.1, 0.15) is 11.9 Å². The number of aliphatic hydroxyl groups is 1. The minimum absolute atomic E-state index is 0.323. The summed E-state index contributed by atoms with van der Waals surface area (Å²) in [7, 11) is 0. The normalized spacial score (nSPS) is 19.5. The summed E-state index contributed by atoms with van der Waals surface area (Å²) in [4.78, 5) is 9.76. The van der Waals surface area contributed by atoms with Gasteiger partial charge in [-0.25, -0.2) is 4.98 Å². The first-order valence-electron chi connectivity index (χ1n) is 7.30. The van der Waals surface area contributed by atoms with Gasteiger partial charge in [-0.1, -0.05) is 0 Å². The molecule has 5 nitrogen and oxygen atoms in total. The molecule has 5 heteroatoms. The second-order valence-corrected chi connectivity index (χ2v) is 5.56. The van der Waals surface area contributed by atoms with Gasteiger partial charge in [0.2, 0.25) is 0 Å². The van der Waals surface area contributed by atoms with Crippen LogP contribution < -0.4 is 5.32 Å². The van der Waals surface area contributed by atoms with Crippen LogP contribution in [0.2, 0.25) is 0 Å². The van der Waals surface area contributed by atoms with E-state index in [4.69, 9.17) is 0 Å². The number of hydrogen-bond donors (Lipinski definition) is 3. The van der Waals surface area contributed by atoms with E-state index >= 15 is 0 Å². The topological polar surface area (TPSA) is 64.2 Å². The molecule has 20 heavy (non-hydrogen) atoms. The quantitative estimate of drug-likeness (QED) is 0.790. The van der Waals surface area contributed by atoms with E-state index in [2.05, 4.69) is 32.3 Å². The van der Waals surface area contributed by atoms with Crippen molar-refractivity contribution in [2.45, 2.75) is 38.6 Å². The molecule has 0 aromatic carbocycles. The zero-order valence-corrected chi connectivity index (χ0v) is 11.8. The zero-order valence-electron chi connectivity index (χ0n) is 11.8. The predicted molar refractivity (Wildman–Crippen MR) is 79.2 cm³/mol. The molecule has 1 saturated heterocycles. The smallest absolute Gasteiger partial charge is 0.137 e. The van der Waals surface area contributed by atoms with E-state index in [9.17, 15) is 5.11 Å². The van der Waals surface area contributed by atoms with Crippen molar-refractivity contribution in [3.63, 3.8) is 0 Å². The fraction of sp³-hybridized carbons (Fsp3) is 0.533. The van der Waals surface area contributed by atoms with E-state index in [1.807, 2.05) is 19.2 Å². The molecule has 0 saturated carbocycles. The molecule has 0 aliphatic carbocycles. The highest BCUT2D eigenvalue weighted by Crippen LogP contribution is 2.15. The van der Waals surface area contributed by atoms with E-state index < -0.39 is 0 Å². The number of aliphatic hydroxyl groups excluding tert-OH is 1. The van der Waals surface area contributed by atoms with Crippen LogP contribution in [-0.2, 0) is 6.54 Å². The van der Waals surface area contributed by atoms with Crippen LogP contribution in [0.25, 0.3) is 11.0 Å². The lowest BCUT2D eigenvalue weighted by atomic mass is 10.0. The number of rotatable bonds is 4. The van der Waals surface area contributed by atoms with Gasteiger partial charge in [0.15, 0.2) is 0 Å². The molecule has 3 N–H and O–H groups in total. The standard InChI is InChI=1S/C15H22N4O/c1-11(20)19-7-4-13(5-8-19)17-10-14-9-12-3-2-6-16-15(12)18-14/h2-3,6,9,11,13,17,20H,4-5,7-8,10H2,1H3,(H,16,18). The molecule has 108 valence electrons. The third-order valence-corrected chi connectivity index (χ3v) is 4.09. The summed E-state index contributed by atoms with van der Waals surface area (Å²) >= 11 is 0. The Labute approximate surface area is 119 Å². The average molecular weight is 274 g/mol. The molecule has 2 aromatic rings. The van der Waals surface area contributed by atoms with Gasteiger partial charge in [-0.2, -0.15) is 0 Å². The van der Waals surface area contributed by atoms with Crippen LogP contribution in [0.3, 0.4) is 0 Å². The lowest BCUT2D eigenvalue weighted by molar-refractivity contribution is 0.000965. The Kier molecular flexibility index (Phi) is 4.00. The molecular weight excluding hydrogens is 252 g/mol. The van der Waals surface area contributed by atoms with Crippen LogP contribution in [-0.4, -0.2) is 45.3 Å². The summed E-state index contributed by atoms with van der Waals surface area (Å²) in [6, 6.07) is 6.72. The number of fused-ring (bicyclic) bond motifs is 1. The molecular formula is C15H22N4O. The van der Waals surface area contributed by atoms with Crippen molar-refractivity contribution in [2.24, 2.45) is 0 Å². The largest absolute Gasteiger partial charge is 0.379 e. The molecule has 1 atom stereocenters. The molecule has 1 aliphatic heterocycles. The van der Waals surface area contributed by atoms with Crippen LogP contribution in [0.15, 0.2) is 24.4 Å². The fourth-order valence-corrected chi connectivity index (χ4v) is 2.84. The number of H-pyrrole nitrogens is 1. The average Bonchev–Trinajstić information content (AvgIpc) is 2.88. The number of aromatic nitrogens is 2. The second-order valence-electron chi connectivity index (χ2n) is 5.56. The third-order valence-electron chi connectivity index (χ3n) is 4.09. The maximum Gasteiger partial charge on any atom is 0.137 e. The van der Waals surface area contributed by atoms with Gasteiger partial charge in [-0.15, -0.1) is 0 Å². The Hall–Kier alpha value is -1.43. The summed E-state index contributed by atoms with van der Waals surface area (Å²) in [6.45, 7) is 4.61. The summed E-state index contributed by atoms with van der Waals surface area (Å²) in [5, 5.41) is 14.3. The summed E-state index contributed by atoms with van der Waals surface area (Å²) in [5.74, 6) is 0. The van der Waals surface area contributed by atoms with Crippen molar-refractivity contribution in [1.82, 2.24) is 20.2 Å². The highest BCUT2D eigenvalue weighted by molar-refractivity contribution is 5.76. The predicted octanol–water partition coefficient (Wildman–Crippen LogP) is 1.46. The molecule has 3 rings (SSSR count). The highest BCUT2D eigenvalue weighted by Gasteiger charge is 2.21. The Morgan fingerprint density at radius 2 is 2.30 bits per heavy atom. The Bertz CT molecular complexity index is 525. The lowest BCUT2D eigenvalue weighted by Gasteiger charge is -2.34. The Morgan fingerprint density at radius 1 is 1.50 bits per heavy atom. The van der Waals surface area contributed by atoms with Crippen molar-refractivity contribution in [3.05, 3.63) is 30.1 Å². The fourth-order valence-electron chi connectivity index (χ4n) is 2.84. The lowest BCUT2D eigenvalue weighted by Crippen LogP contribution is -2.45. The molecule has 1 fully saturated rings. The highest BCUT2D eigenvalue weighted by atomic mass is 16.3. The second kappa shape index (κ2) is 5.91. The molecule has 2 aromatic heterocycles. The molecule has 1 aliphatic rings. The first kappa shape index (κ1) is 13.5. The third kappa shape index (κ3) is 3.00. The minimum Gasteiger partial charge on any atom is -0.379 e. The van der Waals surface area contributed by atoms with Crippen molar-refractivity contribution >= 4 is 11.0 Å². The van der Waals surface area contributed by atoms with Gasteiger partial charge >= 0.3 is 0 Å². The van der Waals surface area contributed by atoms with Crippen molar-refractivity contribution in [2.75, 3.05) is 13.1 Å². The first-order valence-corrected chi connectivity index (χ1v) is 7.30. The number of aromatic amines is 1. The molecule has 0 bridgehead atoms. The molecule has 0 spiro atoms. The summed E-state index contributed by atoms with van der Waals surface area (Å²) in [5.41, 5.74) is 2.13. The minimum atomic E-state index is -0.323. The number of nitrogens with one attached hydrogen (secondary N) is 2. The van der Waals surface area contributed by atoms with Gasteiger partial charge in [0, 0.05) is 43.0 Å². The van der Waals surface area contributed by atoms with Gasteiger partial charge in [-0.3, -0.25) is 4.90 Å². The van der Waals surface area contributed by atoms with Gasteiger partial charge in [0.05, 0.1) is 0 Å². The van der Waals surface area contributed by atoms with E-state index in [0.717, 1.165) is 43.5 Å². The van der Waals surface area contributed by atoms with Crippen LogP contribution >= 0.6 is 0 Å². The number of pyridine rings is 1. The first-order chi connectivity index (χ1) is 9.72. The van der Waals surface area contributed by atoms with Crippen LogP contribution in [0.5, 0.6) is 0 Å². The van der Waals surface area contributed by atoms with Crippen molar-refractivity contribution < 1.29 is 5.11 Å². The number of hydrogen-bond acceptors (Lipinski definition) is 4. The van der Waals surface area contributed by atoms with E-state index in [1.165, 1.54) is 5.69 Å². The SMILES string of the molecule is CC(O)N1CCC(NCc2cc3cccnc3[nH]2)CC1. The van der Waals surface area contributed by atoms with E-state index in [1.54, 1.807) is 0 Å². The molecule has 1 unspecified atom stereocenters. The maximum absolute atomic E-state index is 9.55. The molecule has 3 heterocycles. The van der Waals surface area contributed by atoms with Crippen LogP contribution in [0, 0.1) is 0 Å². The van der Waals surface area contributed by atoms with Gasteiger partial charge in [0.25, 0.3) is 0 Å². The maximum atomic E-state index is 9.55. The summed E-state index contributed by atoms with van der Waals surface area (Å²) < 4.78 is 0. The van der Waals surface area contributed by atoms with Crippen LogP contribution in [0.4, 0.5) is 0 Å². The van der Waals surface area contributed by atoms with E-state index in [0.29, 0.717) is 6.04 Å². The van der Waals surface area contributed by atoms with Gasteiger partial charge < -0.3 is 15.4 Å². The monoisotopic (exact) mass is 274 g/mol. The molecule has 0 radical (unpaired) electrons. The van der Waals surface area contributed by atoms with Crippen molar-refractivity contribution in [1.29, 1.82) is 0 Å².